The lowest BCUT2D eigenvalue weighted by atomic mass is 10.1. The largest absolute Gasteiger partial charge is 0.346 e. The fraction of sp³-hybridized carbons (Fsp3) is 0.211. The highest BCUT2D eigenvalue weighted by molar-refractivity contribution is 6.04. The lowest BCUT2D eigenvalue weighted by Gasteiger charge is -2.14. The predicted octanol–water partition coefficient (Wildman–Crippen LogP) is 3.48. The molecule has 0 radical (unpaired) electrons. The van der Waals surface area contributed by atoms with Gasteiger partial charge < -0.3 is 10.6 Å². The van der Waals surface area contributed by atoms with Crippen LogP contribution in [0, 0.1) is 0 Å². The van der Waals surface area contributed by atoms with Gasteiger partial charge in [0.05, 0.1) is 6.04 Å². The summed E-state index contributed by atoms with van der Waals surface area (Å²) in [4.78, 5) is 27.7. The van der Waals surface area contributed by atoms with Gasteiger partial charge >= 0.3 is 0 Å². The molecule has 124 valence electrons. The maximum Gasteiger partial charge on any atom is 0.255 e. The molecular weight excluding hydrogens is 302 g/mol. The fourth-order valence-electron chi connectivity index (χ4n) is 2.16. The Hall–Kier alpha value is -2.95. The number of aromatic nitrogens is 1. The zero-order valence-corrected chi connectivity index (χ0v) is 14.0. The van der Waals surface area contributed by atoms with Gasteiger partial charge in [-0.05, 0) is 50.6 Å². The summed E-state index contributed by atoms with van der Waals surface area (Å²) in [6.45, 7) is 5.68. The van der Waals surface area contributed by atoms with Crippen LogP contribution in [0.3, 0.4) is 0 Å². The van der Waals surface area contributed by atoms with Crippen LogP contribution in [0.4, 0.5) is 5.69 Å². The van der Waals surface area contributed by atoms with E-state index in [0.717, 1.165) is 11.1 Å². The molecule has 5 nitrogen and oxygen atoms in total. The first-order chi connectivity index (χ1) is 11.5. The molecule has 1 aromatic heterocycles. The number of rotatable bonds is 5. The van der Waals surface area contributed by atoms with Crippen LogP contribution in [0.25, 0.3) is 0 Å². The molecule has 0 saturated carbocycles. The molecule has 2 N–H and O–H groups in total. The molecule has 2 aromatic rings. The predicted molar refractivity (Wildman–Crippen MR) is 94.6 cm³/mol. The van der Waals surface area contributed by atoms with Crippen molar-refractivity contribution in [3.63, 3.8) is 0 Å². The Morgan fingerprint density at radius 1 is 1.04 bits per heavy atom. The molecule has 0 aliphatic heterocycles. The summed E-state index contributed by atoms with van der Waals surface area (Å²) in [5.74, 6) is -0.298. The minimum atomic E-state index is -0.185. The van der Waals surface area contributed by atoms with Gasteiger partial charge in [0, 0.05) is 29.7 Å². The van der Waals surface area contributed by atoms with E-state index in [1.54, 1.807) is 30.6 Å². The first-order valence-corrected chi connectivity index (χ1v) is 7.72. The Labute approximate surface area is 141 Å². The number of nitrogens with zero attached hydrogens (tertiary/aromatic N) is 1. The molecular formula is C19H21N3O2. The standard InChI is InChI=1S/C19H21N3O2/c1-13(2)12-18(23)21-14(3)15-4-6-17(7-5-15)22-19(24)16-8-10-20-11-9-16/h4-12,14H,1-3H3,(H,21,23)(H,22,24). The fourth-order valence-corrected chi connectivity index (χ4v) is 2.16. The van der Waals surface area contributed by atoms with Crippen LogP contribution in [0.15, 0.2) is 60.4 Å². The van der Waals surface area contributed by atoms with Gasteiger partial charge in [-0.15, -0.1) is 0 Å². The zero-order valence-electron chi connectivity index (χ0n) is 14.0. The van der Waals surface area contributed by atoms with E-state index < -0.39 is 0 Å². The number of allylic oxidation sites excluding steroid dienone is 1. The number of carbonyl (C=O) groups is 2. The number of amides is 2. The van der Waals surface area contributed by atoms with Crippen molar-refractivity contribution in [2.24, 2.45) is 0 Å². The second-order valence-electron chi connectivity index (χ2n) is 5.76. The van der Waals surface area contributed by atoms with Crippen LogP contribution in [0.1, 0.15) is 42.7 Å². The second kappa shape index (κ2) is 8.06. The molecule has 0 bridgehead atoms. The minimum absolute atomic E-state index is 0.113. The summed E-state index contributed by atoms with van der Waals surface area (Å²) in [6, 6.07) is 10.6. The summed E-state index contributed by atoms with van der Waals surface area (Å²) in [5.41, 5.74) is 3.17. The van der Waals surface area contributed by atoms with E-state index in [1.807, 2.05) is 45.0 Å². The van der Waals surface area contributed by atoms with Crippen LogP contribution in [-0.4, -0.2) is 16.8 Å². The Balaban J connectivity index is 1.99. The molecule has 0 spiro atoms. The van der Waals surface area contributed by atoms with Crippen LogP contribution in [0.2, 0.25) is 0 Å². The Morgan fingerprint density at radius 2 is 1.67 bits per heavy atom. The van der Waals surface area contributed by atoms with Crippen molar-refractivity contribution < 1.29 is 9.59 Å². The van der Waals surface area contributed by atoms with Gasteiger partial charge in [-0.25, -0.2) is 0 Å². The molecule has 0 saturated heterocycles. The van der Waals surface area contributed by atoms with E-state index in [4.69, 9.17) is 0 Å². The highest BCUT2D eigenvalue weighted by Crippen LogP contribution is 2.17. The molecule has 0 fully saturated rings. The van der Waals surface area contributed by atoms with Crippen molar-refractivity contribution in [2.45, 2.75) is 26.8 Å². The van der Waals surface area contributed by atoms with Crippen LogP contribution >= 0.6 is 0 Å². The summed E-state index contributed by atoms with van der Waals surface area (Å²) in [6.07, 6.45) is 4.73. The topological polar surface area (TPSA) is 71.1 Å². The zero-order chi connectivity index (χ0) is 17.5. The van der Waals surface area contributed by atoms with Gasteiger partial charge in [0.25, 0.3) is 5.91 Å². The van der Waals surface area contributed by atoms with E-state index in [1.165, 1.54) is 0 Å². The van der Waals surface area contributed by atoms with Gasteiger partial charge in [0.15, 0.2) is 0 Å². The third-order valence-corrected chi connectivity index (χ3v) is 3.39. The maximum atomic E-state index is 12.1. The maximum absolute atomic E-state index is 12.1. The highest BCUT2D eigenvalue weighted by Gasteiger charge is 2.09. The summed E-state index contributed by atoms with van der Waals surface area (Å²) in [5, 5.41) is 5.73. The number of carbonyl (C=O) groups excluding carboxylic acids is 2. The van der Waals surface area contributed by atoms with E-state index >= 15 is 0 Å². The Bertz CT molecular complexity index is 733. The number of hydrogen-bond acceptors (Lipinski definition) is 3. The second-order valence-corrected chi connectivity index (χ2v) is 5.76. The van der Waals surface area contributed by atoms with Crippen molar-refractivity contribution in [1.29, 1.82) is 0 Å². The SMILES string of the molecule is CC(C)=CC(=O)NC(C)c1ccc(NC(=O)c2ccncc2)cc1. The molecule has 1 unspecified atom stereocenters. The normalized spacial score (nSPS) is 11.3. The van der Waals surface area contributed by atoms with Crippen LogP contribution in [0.5, 0.6) is 0 Å². The first-order valence-electron chi connectivity index (χ1n) is 7.72. The summed E-state index contributed by atoms with van der Waals surface area (Å²) >= 11 is 0. The quantitative estimate of drug-likeness (QED) is 0.828. The van der Waals surface area contributed by atoms with Gasteiger partial charge in [-0.2, -0.15) is 0 Å². The average molecular weight is 323 g/mol. The van der Waals surface area contributed by atoms with Crippen LogP contribution in [-0.2, 0) is 4.79 Å². The van der Waals surface area contributed by atoms with Gasteiger partial charge in [-0.3, -0.25) is 14.6 Å². The van der Waals surface area contributed by atoms with Crippen LogP contribution < -0.4 is 10.6 Å². The van der Waals surface area contributed by atoms with E-state index in [2.05, 4.69) is 15.6 Å². The highest BCUT2D eigenvalue weighted by atomic mass is 16.2. The summed E-state index contributed by atoms with van der Waals surface area (Å²) < 4.78 is 0. The number of benzene rings is 1. The Kier molecular flexibility index (Phi) is 5.84. The van der Waals surface area contributed by atoms with Gasteiger partial charge in [-0.1, -0.05) is 17.7 Å². The minimum Gasteiger partial charge on any atom is -0.346 e. The summed E-state index contributed by atoms with van der Waals surface area (Å²) in [7, 11) is 0. The molecule has 1 aromatic carbocycles. The number of pyridine rings is 1. The number of hydrogen-bond donors (Lipinski definition) is 2. The van der Waals surface area contributed by atoms with Gasteiger partial charge in [0.1, 0.15) is 0 Å². The van der Waals surface area contributed by atoms with Gasteiger partial charge in [0.2, 0.25) is 5.91 Å². The Morgan fingerprint density at radius 3 is 2.25 bits per heavy atom. The van der Waals surface area contributed by atoms with E-state index in [9.17, 15) is 9.59 Å². The molecule has 0 aliphatic carbocycles. The monoisotopic (exact) mass is 323 g/mol. The number of anilines is 1. The van der Waals surface area contributed by atoms with E-state index in [0.29, 0.717) is 11.3 Å². The van der Waals surface area contributed by atoms with Crippen molar-refractivity contribution in [3.8, 4) is 0 Å². The van der Waals surface area contributed by atoms with E-state index in [-0.39, 0.29) is 17.9 Å². The third-order valence-electron chi connectivity index (χ3n) is 3.39. The lowest BCUT2D eigenvalue weighted by Crippen LogP contribution is -2.24. The molecule has 0 aliphatic rings. The number of nitrogens with one attached hydrogen (secondary N) is 2. The van der Waals surface area contributed by atoms with Crippen molar-refractivity contribution in [1.82, 2.24) is 10.3 Å². The molecule has 24 heavy (non-hydrogen) atoms. The van der Waals surface area contributed by atoms with Crippen molar-refractivity contribution in [3.05, 3.63) is 71.6 Å². The molecule has 2 amide bonds. The molecule has 1 atom stereocenters. The van der Waals surface area contributed by atoms with Crippen molar-refractivity contribution >= 4 is 17.5 Å². The van der Waals surface area contributed by atoms with Crippen molar-refractivity contribution in [2.75, 3.05) is 5.32 Å². The lowest BCUT2D eigenvalue weighted by molar-refractivity contribution is -0.117. The average Bonchev–Trinajstić information content (AvgIpc) is 2.55. The third kappa shape index (κ3) is 5.05. The first kappa shape index (κ1) is 17.4. The molecule has 1 heterocycles. The smallest absolute Gasteiger partial charge is 0.255 e. The molecule has 5 heteroatoms. The molecule has 2 rings (SSSR count).